The van der Waals surface area contributed by atoms with Crippen LogP contribution in [0.2, 0.25) is 0 Å². The summed E-state index contributed by atoms with van der Waals surface area (Å²) >= 11 is 0. The van der Waals surface area contributed by atoms with Gasteiger partial charge in [-0.1, -0.05) is 30.3 Å². The number of aromatic nitrogens is 2. The third kappa shape index (κ3) is 5.67. The molecule has 0 aliphatic heterocycles. The van der Waals surface area contributed by atoms with E-state index in [2.05, 4.69) is 15.7 Å². The van der Waals surface area contributed by atoms with Gasteiger partial charge in [0.1, 0.15) is 17.2 Å². The molecule has 4 aromatic rings. The van der Waals surface area contributed by atoms with Gasteiger partial charge in [0.05, 0.1) is 31.5 Å². The number of benzene rings is 3. The van der Waals surface area contributed by atoms with Crippen LogP contribution in [0.1, 0.15) is 17.3 Å². The summed E-state index contributed by atoms with van der Waals surface area (Å²) in [6, 6.07) is 23.9. The molecule has 0 aliphatic rings. The summed E-state index contributed by atoms with van der Waals surface area (Å²) in [5.41, 5.74) is 2.87. The van der Waals surface area contributed by atoms with Crippen molar-refractivity contribution < 1.29 is 19.1 Å². The van der Waals surface area contributed by atoms with Crippen LogP contribution in [0.4, 0.5) is 5.69 Å². The van der Waals surface area contributed by atoms with Crippen LogP contribution in [-0.4, -0.2) is 41.9 Å². The fourth-order valence-corrected chi connectivity index (χ4v) is 3.55. The molecule has 2 amide bonds. The molecular formula is C27H26N4O4. The molecule has 0 saturated heterocycles. The molecule has 0 fully saturated rings. The Morgan fingerprint density at radius 1 is 0.943 bits per heavy atom. The lowest BCUT2D eigenvalue weighted by molar-refractivity contribution is -0.115. The normalized spacial score (nSPS) is 10.5. The number of nitrogens with one attached hydrogen (secondary N) is 2. The molecular weight excluding hydrogens is 444 g/mol. The van der Waals surface area contributed by atoms with Crippen molar-refractivity contribution in [2.24, 2.45) is 0 Å². The van der Waals surface area contributed by atoms with E-state index in [9.17, 15) is 9.59 Å². The van der Waals surface area contributed by atoms with Crippen LogP contribution < -0.4 is 20.1 Å². The van der Waals surface area contributed by atoms with E-state index in [0.717, 1.165) is 11.4 Å². The van der Waals surface area contributed by atoms with Gasteiger partial charge in [-0.25, -0.2) is 4.68 Å². The summed E-state index contributed by atoms with van der Waals surface area (Å²) in [7, 11) is 1.57. The van der Waals surface area contributed by atoms with Gasteiger partial charge in [0, 0.05) is 17.4 Å². The van der Waals surface area contributed by atoms with Crippen LogP contribution in [0.15, 0.2) is 85.1 Å². The molecule has 35 heavy (non-hydrogen) atoms. The lowest BCUT2D eigenvalue weighted by Crippen LogP contribution is -2.33. The first kappa shape index (κ1) is 23.6. The minimum atomic E-state index is -0.421. The number of rotatable bonds is 9. The first-order valence-corrected chi connectivity index (χ1v) is 11.2. The van der Waals surface area contributed by atoms with Crippen LogP contribution in [-0.2, 0) is 4.79 Å². The average molecular weight is 471 g/mol. The molecule has 0 radical (unpaired) electrons. The number of amides is 2. The minimum Gasteiger partial charge on any atom is -0.496 e. The van der Waals surface area contributed by atoms with E-state index in [1.165, 1.54) is 0 Å². The van der Waals surface area contributed by atoms with Gasteiger partial charge in [0.15, 0.2) is 0 Å². The van der Waals surface area contributed by atoms with Crippen LogP contribution >= 0.6 is 0 Å². The summed E-state index contributed by atoms with van der Waals surface area (Å²) in [6.07, 6.45) is 1.65. The van der Waals surface area contributed by atoms with Gasteiger partial charge in [-0.05, 0) is 55.5 Å². The van der Waals surface area contributed by atoms with Crippen LogP contribution in [0.5, 0.6) is 11.5 Å². The van der Waals surface area contributed by atoms with Crippen molar-refractivity contribution in [1.29, 1.82) is 0 Å². The van der Waals surface area contributed by atoms with E-state index in [0.29, 0.717) is 34.9 Å². The van der Waals surface area contributed by atoms with Crippen molar-refractivity contribution >= 4 is 17.5 Å². The van der Waals surface area contributed by atoms with E-state index >= 15 is 0 Å². The van der Waals surface area contributed by atoms with E-state index in [4.69, 9.17) is 9.47 Å². The molecule has 2 N–H and O–H groups in total. The highest BCUT2D eigenvalue weighted by Gasteiger charge is 2.21. The average Bonchev–Trinajstić information content (AvgIpc) is 3.34. The summed E-state index contributed by atoms with van der Waals surface area (Å²) in [5.74, 6) is 0.540. The van der Waals surface area contributed by atoms with Crippen molar-refractivity contribution in [1.82, 2.24) is 15.1 Å². The second-order valence-corrected chi connectivity index (χ2v) is 7.56. The zero-order valence-corrected chi connectivity index (χ0v) is 19.5. The molecule has 0 bridgehead atoms. The molecule has 0 spiro atoms. The smallest absolute Gasteiger partial charge is 0.255 e. The Morgan fingerprint density at radius 3 is 2.37 bits per heavy atom. The van der Waals surface area contributed by atoms with Gasteiger partial charge < -0.3 is 20.1 Å². The zero-order chi connectivity index (χ0) is 24.6. The van der Waals surface area contributed by atoms with Crippen LogP contribution in [0.3, 0.4) is 0 Å². The molecule has 0 saturated carbocycles. The Kier molecular flexibility index (Phi) is 7.42. The Hall–Kier alpha value is -4.59. The highest BCUT2D eigenvalue weighted by atomic mass is 16.5. The van der Waals surface area contributed by atoms with Crippen LogP contribution in [0.25, 0.3) is 16.9 Å². The third-order valence-corrected chi connectivity index (χ3v) is 5.20. The molecule has 0 atom stereocenters. The third-order valence-electron chi connectivity index (χ3n) is 5.20. The highest BCUT2D eigenvalue weighted by Crippen LogP contribution is 2.31. The number of nitrogens with zero attached hydrogens (tertiary/aromatic N) is 2. The monoisotopic (exact) mass is 470 g/mol. The Labute approximate surface area is 203 Å². The maximum absolute atomic E-state index is 13.2. The van der Waals surface area contributed by atoms with E-state index in [-0.39, 0.29) is 12.5 Å². The Morgan fingerprint density at radius 2 is 1.66 bits per heavy atom. The Bertz CT molecular complexity index is 1300. The van der Waals surface area contributed by atoms with Gasteiger partial charge in [-0.3, -0.25) is 9.59 Å². The maximum atomic E-state index is 13.2. The SMILES string of the molecule is CCOc1ccc(NC(=O)CNC(=O)c2cn(-c3ccccc3)nc2-c2ccccc2OC)cc1. The first-order chi connectivity index (χ1) is 17.1. The fourth-order valence-electron chi connectivity index (χ4n) is 3.55. The Balaban J connectivity index is 1.53. The lowest BCUT2D eigenvalue weighted by Gasteiger charge is -2.09. The molecule has 1 aromatic heterocycles. The number of hydrogen-bond donors (Lipinski definition) is 2. The molecule has 178 valence electrons. The van der Waals surface area contributed by atoms with Crippen molar-refractivity contribution in [3.05, 3.63) is 90.6 Å². The minimum absolute atomic E-state index is 0.200. The van der Waals surface area contributed by atoms with Crippen molar-refractivity contribution in [2.75, 3.05) is 25.6 Å². The number of carbonyl (C=O) groups is 2. The van der Waals surface area contributed by atoms with E-state index in [1.54, 1.807) is 42.3 Å². The second-order valence-electron chi connectivity index (χ2n) is 7.56. The van der Waals surface area contributed by atoms with Gasteiger partial charge in [0.2, 0.25) is 5.91 Å². The summed E-state index contributed by atoms with van der Waals surface area (Å²) in [4.78, 5) is 25.6. The number of para-hydroxylation sites is 2. The number of ether oxygens (including phenoxy) is 2. The number of hydrogen-bond acceptors (Lipinski definition) is 5. The molecule has 1 heterocycles. The predicted molar refractivity (Wildman–Crippen MR) is 134 cm³/mol. The van der Waals surface area contributed by atoms with Crippen molar-refractivity contribution in [3.8, 4) is 28.4 Å². The summed E-state index contributed by atoms with van der Waals surface area (Å²) < 4.78 is 12.5. The highest BCUT2D eigenvalue weighted by molar-refractivity contribution is 6.03. The molecule has 8 nitrogen and oxygen atoms in total. The van der Waals surface area contributed by atoms with E-state index < -0.39 is 5.91 Å². The molecule has 4 rings (SSSR count). The zero-order valence-electron chi connectivity index (χ0n) is 19.5. The van der Waals surface area contributed by atoms with Crippen LogP contribution in [0, 0.1) is 0 Å². The van der Waals surface area contributed by atoms with Gasteiger partial charge in [-0.2, -0.15) is 5.10 Å². The quantitative estimate of drug-likeness (QED) is 0.380. The van der Waals surface area contributed by atoms with E-state index in [1.807, 2.05) is 61.5 Å². The van der Waals surface area contributed by atoms with Gasteiger partial charge in [-0.15, -0.1) is 0 Å². The first-order valence-electron chi connectivity index (χ1n) is 11.2. The summed E-state index contributed by atoms with van der Waals surface area (Å²) in [6.45, 7) is 2.27. The summed E-state index contributed by atoms with van der Waals surface area (Å²) in [5, 5.41) is 10.1. The standard InChI is InChI=1S/C27H26N4O4/c1-3-35-21-15-13-19(14-16-21)29-25(32)17-28-27(33)23-18-31(20-9-5-4-6-10-20)30-26(23)22-11-7-8-12-24(22)34-2/h4-16,18H,3,17H2,1-2H3,(H,28,33)(H,29,32). The van der Waals surface area contributed by atoms with Crippen molar-refractivity contribution in [2.45, 2.75) is 6.92 Å². The molecule has 0 aliphatic carbocycles. The second kappa shape index (κ2) is 11.0. The number of carbonyl (C=O) groups excluding carboxylic acids is 2. The number of methoxy groups -OCH3 is 1. The predicted octanol–water partition coefficient (Wildman–Crippen LogP) is 4.32. The van der Waals surface area contributed by atoms with Gasteiger partial charge in [0.25, 0.3) is 5.91 Å². The maximum Gasteiger partial charge on any atom is 0.255 e. The topological polar surface area (TPSA) is 94.5 Å². The lowest BCUT2D eigenvalue weighted by atomic mass is 10.1. The molecule has 0 unspecified atom stereocenters. The number of anilines is 1. The van der Waals surface area contributed by atoms with Crippen molar-refractivity contribution in [3.63, 3.8) is 0 Å². The molecule has 3 aromatic carbocycles. The van der Waals surface area contributed by atoms with Gasteiger partial charge >= 0.3 is 0 Å². The largest absolute Gasteiger partial charge is 0.496 e. The molecule has 8 heteroatoms. The fraction of sp³-hybridized carbons (Fsp3) is 0.148.